The van der Waals surface area contributed by atoms with Gasteiger partial charge in [-0.25, -0.2) is 0 Å². The number of aliphatic carboxylic acids is 1. The molecule has 2 N–H and O–H groups in total. The van der Waals surface area contributed by atoms with Crippen LogP contribution in [0.4, 0.5) is 0 Å². The molecule has 0 bridgehead atoms. The second-order valence-electron chi connectivity index (χ2n) is 5.32. The van der Waals surface area contributed by atoms with Gasteiger partial charge in [0.25, 0.3) is 0 Å². The predicted octanol–water partition coefficient (Wildman–Crippen LogP) is 1.32. The van der Waals surface area contributed by atoms with Crippen molar-refractivity contribution in [1.82, 2.24) is 10.2 Å². The van der Waals surface area contributed by atoms with Crippen LogP contribution in [0.25, 0.3) is 0 Å². The Kier molecular flexibility index (Phi) is 4.80. The number of carboxylic acid groups (broad SMARTS) is 1. The molecule has 1 unspecified atom stereocenters. The second kappa shape index (κ2) is 6.36. The van der Waals surface area contributed by atoms with E-state index in [0.717, 1.165) is 39.0 Å². The zero-order chi connectivity index (χ0) is 12.1. The number of carbonyl (C=O) groups is 1. The zero-order valence-electron chi connectivity index (χ0n) is 10.5. The maximum atomic E-state index is 11.5. The van der Waals surface area contributed by atoms with Gasteiger partial charge in [0.15, 0.2) is 0 Å². The van der Waals surface area contributed by atoms with Gasteiger partial charge in [-0.15, -0.1) is 0 Å². The van der Waals surface area contributed by atoms with Gasteiger partial charge in [-0.1, -0.05) is 25.7 Å². The molecule has 1 aliphatic carbocycles. The number of nitrogens with zero attached hydrogens (tertiary/aromatic N) is 1. The van der Waals surface area contributed by atoms with Gasteiger partial charge < -0.3 is 10.4 Å². The minimum Gasteiger partial charge on any atom is -0.480 e. The summed E-state index contributed by atoms with van der Waals surface area (Å²) in [5.74, 6) is -0.244. The number of rotatable bonds is 3. The first-order chi connectivity index (χ1) is 8.29. The minimum absolute atomic E-state index is 0.241. The molecule has 1 atom stereocenters. The van der Waals surface area contributed by atoms with Gasteiger partial charge in [0.2, 0.25) is 0 Å². The molecule has 0 aromatic heterocycles. The van der Waals surface area contributed by atoms with Crippen LogP contribution < -0.4 is 5.32 Å². The molecule has 1 heterocycles. The number of piperazine rings is 1. The van der Waals surface area contributed by atoms with E-state index in [1.54, 1.807) is 0 Å². The van der Waals surface area contributed by atoms with E-state index in [0.29, 0.717) is 5.92 Å². The SMILES string of the molecule is O=C(O)C(C1CCCCCC1)N1CCNCC1. The van der Waals surface area contributed by atoms with Gasteiger partial charge in [0.1, 0.15) is 6.04 Å². The van der Waals surface area contributed by atoms with E-state index in [1.165, 1.54) is 25.7 Å². The second-order valence-corrected chi connectivity index (χ2v) is 5.32. The van der Waals surface area contributed by atoms with Crippen LogP contribution in [0.2, 0.25) is 0 Å². The van der Waals surface area contributed by atoms with Crippen LogP contribution in [-0.2, 0) is 4.79 Å². The Morgan fingerprint density at radius 3 is 2.24 bits per heavy atom. The van der Waals surface area contributed by atoms with Gasteiger partial charge in [-0.2, -0.15) is 0 Å². The van der Waals surface area contributed by atoms with Crippen molar-refractivity contribution in [3.63, 3.8) is 0 Å². The molecule has 17 heavy (non-hydrogen) atoms. The van der Waals surface area contributed by atoms with Gasteiger partial charge in [-0.3, -0.25) is 9.69 Å². The third-order valence-electron chi connectivity index (χ3n) is 4.14. The Labute approximate surface area is 103 Å². The highest BCUT2D eigenvalue weighted by Gasteiger charge is 2.34. The van der Waals surface area contributed by atoms with E-state index in [-0.39, 0.29) is 6.04 Å². The van der Waals surface area contributed by atoms with E-state index in [9.17, 15) is 9.90 Å². The summed E-state index contributed by atoms with van der Waals surface area (Å²) >= 11 is 0. The van der Waals surface area contributed by atoms with Crippen molar-refractivity contribution in [2.75, 3.05) is 26.2 Å². The Bertz CT molecular complexity index is 244. The third-order valence-corrected chi connectivity index (χ3v) is 4.14. The van der Waals surface area contributed by atoms with Crippen molar-refractivity contribution in [1.29, 1.82) is 0 Å². The predicted molar refractivity (Wildman–Crippen MR) is 67.1 cm³/mol. The molecule has 0 aromatic carbocycles. The maximum Gasteiger partial charge on any atom is 0.321 e. The fraction of sp³-hybridized carbons (Fsp3) is 0.923. The summed E-state index contributed by atoms with van der Waals surface area (Å²) in [6.07, 6.45) is 7.18. The summed E-state index contributed by atoms with van der Waals surface area (Å²) in [5.41, 5.74) is 0. The molecular formula is C13H24N2O2. The topological polar surface area (TPSA) is 52.6 Å². The lowest BCUT2D eigenvalue weighted by atomic mass is 9.90. The minimum atomic E-state index is -0.612. The first-order valence-corrected chi connectivity index (χ1v) is 6.96. The molecule has 0 amide bonds. The van der Waals surface area contributed by atoms with E-state index in [4.69, 9.17) is 0 Å². The Morgan fingerprint density at radius 2 is 1.71 bits per heavy atom. The van der Waals surface area contributed by atoms with Gasteiger partial charge in [0, 0.05) is 26.2 Å². The summed E-state index contributed by atoms with van der Waals surface area (Å²) in [6.45, 7) is 3.62. The summed E-state index contributed by atoms with van der Waals surface area (Å²) in [5, 5.41) is 12.8. The van der Waals surface area contributed by atoms with Crippen LogP contribution in [-0.4, -0.2) is 48.2 Å². The molecule has 0 spiro atoms. The molecule has 4 nitrogen and oxygen atoms in total. The normalized spacial score (nSPS) is 26.4. The van der Waals surface area contributed by atoms with E-state index in [1.807, 2.05) is 0 Å². The van der Waals surface area contributed by atoms with Crippen molar-refractivity contribution < 1.29 is 9.90 Å². The highest BCUT2D eigenvalue weighted by atomic mass is 16.4. The highest BCUT2D eigenvalue weighted by Crippen LogP contribution is 2.28. The molecule has 98 valence electrons. The van der Waals surface area contributed by atoms with E-state index >= 15 is 0 Å². The largest absolute Gasteiger partial charge is 0.480 e. The van der Waals surface area contributed by atoms with Crippen LogP contribution in [0, 0.1) is 5.92 Å². The molecule has 1 saturated heterocycles. The van der Waals surface area contributed by atoms with Gasteiger partial charge >= 0.3 is 5.97 Å². The van der Waals surface area contributed by atoms with E-state index < -0.39 is 5.97 Å². The monoisotopic (exact) mass is 240 g/mol. The van der Waals surface area contributed by atoms with Crippen LogP contribution >= 0.6 is 0 Å². The molecule has 1 aliphatic heterocycles. The lowest BCUT2D eigenvalue weighted by Crippen LogP contribution is -2.54. The van der Waals surface area contributed by atoms with Gasteiger partial charge in [0.05, 0.1) is 0 Å². The van der Waals surface area contributed by atoms with E-state index in [2.05, 4.69) is 10.2 Å². The van der Waals surface area contributed by atoms with Crippen LogP contribution in [0.15, 0.2) is 0 Å². The number of nitrogens with one attached hydrogen (secondary N) is 1. The Morgan fingerprint density at radius 1 is 1.12 bits per heavy atom. The molecule has 2 rings (SSSR count). The smallest absolute Gasteiger partial charge is 0.321 e. The lowest BCUT2D eigenvalue weighted by Gasteiger charge is -2.36. The van der Waals surface area contributed by atoms with Crippen LogP contribution in [0.3, 0.4) is 0 Å². The van der Waals surface area contributed by atoms with Crippen molar-refractivity contribution in [2.24, 2.45) is 5.92 Å². The molecule has 0 radical (unpaired) electrons. The molecular weight excluding hydrogens is 216 g/mol. The standard InChI is InChI=1S/C13H24N2O2/c16-13(17)12(15-9-7-14-8-10-15)11-5-3-1-2-4-6-11/h11-12,14H,1-10H2,(H,16,17). The van der Waals surface area contributed by atoms with Crippen molar-refractivity contribution in [3.05, 3.63) is 0 Å². The fourth-order valence-electron chi connectivity index (χ4n) is 3.24. The zero-order valence-corrected chi connectivity index (χ0v) is 10.5. The first kappa shape index (κ1) is 12.8. The first-order valence-electron chi connectivity index (χ1n) is 6.96. The molecule has 4 heteroatoms. The van der Waals surface area contributed by atoms with Crippen molar-refractivity contribution >= 4 is 5.97 Å². The molecule has 2 aliphatic rings. The third kappa shape index (κ3) is 3.42. The van der Waals surface area contributed by atoms with Gasteiger partial charge in [-0.05, 0) is 18.8 Å². The molecule has 0 aromatic rings. The average Bonchev–Trinajstić information content (AvgIpc) is 2.59. The van der Waals surface area contributed by atoms with Crippen molar-refractivity contribution in [2.45, 2.75) is 44.6 Å². The molecule has 2 fully saturated rings. The summed E-state index contributed by atoms with van der Waals surface area (Å²) in [7, 11) is 0. The summed E-state index contributed by atoms with van der Waals surface area (Å²) in [4.78, 5) is 13.7. The van der Waals surface area contributed by atoms with Crippen molar-refractivity contribution in [3.8, 4) is 0 Å². The van der Waals surface area contributed by atoms with Crippen LogP contribution in [0.5, 0.6) is 0 Å². The van der Waals surface area contributed by atoms with Crippen LogP contribution in [0.1, 0.15) is 38.5 Å². The number of carboxylic acids is 1. The highest BCUT2D eigenvalue weighted by molar-refractivity contribution is 5.74. The number of hydrogen-bond acceptors (Lipinski definition) is 3. The summed E-state index contributed by atoms with van der Waals surface area (Å²) in [6, 6.07) is -0.241. The fourth-order valence-corrected chi connectivity index (χ4v) is 3.24. The average molecular weight is 240 g/mol. The number of hydrogen-bond donors (Lipinski definition) is 2. The quantitative estimate of drug-likeness (QED) is 0.730. The molecule has 1 saturated carbocycles. The lowest BCUT2D eigenvalue weighted by molar-refractivity contribution is -0.146. The maximum absolute atomic E-state index is 11.5. The Balaban J connectivity index is 2.01. The summed E-state index contributed by atoms with van der Waals surface area (Å²) < 4.78 is 0. The Hall–Kier alpha value is -0.610.